The van der Waals surface area contributed by atoms with E-state index >= 15 is 0 Å². The zero-order chi connectivity index (χ0) is 20.7. The molecule has 0 bridgehead atoms. The number of carboxylic acid groups (broad SMARTS) is 1. The molecule has 0 saturated carbocycles. The number of carbonyl (C=O) groups excluding carboxylic acids is 2. The zero-order valence-electron chi connectivity index (χ0n) is 14.9. The van der Waals surface area contributed by atoms with Crippen LogP contribution < -0.4 is 10.6 Å². The van der Waals surface area contributed by atoms with Crippen molar-refractivity contribution in [1.82, 2.24) is 0 Å². The van der Waals surface area contributed by atoms with Crippen molar-refractivity contribution in [3.8, 4) is 0 Å². The molecule has 1 unspecified atom stereocenters. The number of thioether (sulfide) groups is 1. The molecule has 2 aromatic rings. The summed E-state index contributed by atoms with van der Waals surface area (Å²) in [4.78, 5) is 35.5. The molecule has 2 aromatic carbocycles. The van der Waals surface area contributed by atoms with E-state index in [1.807, 2.05) is 6.07 Å². The van der Waals surface area contributed by atoms with Gasteiger partial charge in [-0.05, 0) is 43.3 Å². The number of carbonyl (C=O) groups is 3. The first-order valence-electron chi connectivity index (χ1n) is 8.28. The molecule has 28 heavy (non-hydrogen) atoms. The summed E-state index contributed by atoms with van der Waals surface area (Å²) < 4.78 is 0. The molecule has 0 aliphatic rings. The first kappa shape index (κ1) is 22.1. The van der Waals surface area contributed by atoms with Gasteiger partial charge in [0.25, 0.3) is 0 Å². The summed E-state index contributed by atoms with van der Waals surface area (Å²) in [6.07, 6.45) is -0.335. The molecular formula is C19H18Cl2N2O4S. The number of carboxylic acids is 1. The number of benzene rings is 2. The molecule has 0 saturated heterocycles. The molecule has 2 amide bonds. The van der Waals surface area contributed by atoms with Crippen molar-refractivity contribution >= 4 is 64.1 Å². The van der Waals surface area contributed by atoms with Gasteiger partial charge in [-0.3, -0.25) is 14.4 Å². The Hall–Kier alpha value is -2.22. The van der Waals surface area contributed by atoms with Gasteiger partial charge in [-0.2, -0.15) is 0 Å². The van der Waals surface area contributed by atoms with Gasteiger partial charge in [-0.15, -0.1) is 11.8 Å². The highest BCUT2D eigenvalue weighted by atomic mass is 35.5. The lowest BCUT2D eigenvalue weighted by atomic mass is 10.2. The van der Waals surface area contributed by atoms with Crippen molar-refractivity contribution in [2.75, 3.05) is 10.6 Å². The minimum absolute atomic E-state index is 0.103. The Morgan fingerprint density at radius 3 is 2.32 bits per heavy atom. The number of anilines is 2. The van der Waals surface area contributed by atoms with Crippen LogP contribution in [-0.2, 0) is 14.4 Å². The van der Waals surface area contributed by atoms with Gasteiger partial charge in [0.15, 0.2) is 0 Å². The number of aliphatic carboxylic acids is 1. The van der Waals surface area contributed by atoms with Crippen molar-refractivity contribution in [3.63, 3.8) is 0 Å². The summed E-state index contributed by atoms with van der Waals surface area (Å²) in [6, 6.07) is 11.8. The topological polar surface area (TPSA) is 95.5 Å². The van der Waals surface area contributed by atoms with Crippen LogP contribution in [0.4, 0.5) is 11.4 Å². The van der Waals surface area contributed by atoms with Crippen LogP contribution >= 0.6 is 35.0 Å². The second-order valence-corrected chi connectivity index (χ2v) is 8.16. The SMILES string of the molecule is CC(Sc1cccc(NC(=O)CCC(=O)O)c1)C(=O)Nc1cc(Cl)cc(Cl)c1. The lowest BCUT2D eigenvalue weighted by Crippen LogP contribution is -2.22. The maximum Gasteiger partial charge on any atom is 0.303 e. The van der Waals surface area contributed by atoms with E-state index in [1.54, 1.807) is 43.3 Å². The van der Waals surface area contributed by atoms with E-state index in [-0.39, 0.29) is 24.7 Å². The molecule has 2 rings (SSSR count). The van der Waals surface area contributed by atoms with Crippen LogP contribution in [0.15, 0.2) is 47.4 Å². The van der Waals surface area contributed by atoms with Crippen LogP contribution in [-0.4, -0.2) is 28.1 Å². The van der Waals surface area contributed by atoms with E-state index in [4.69, 9.17) is 28.3 Å². The molecule has 6 nitrogen and oxygen atoms in total. The van der Waals surface area contributed by atoms with E-state index in [1.165, 1.54) is 11.8 Å². The monoisotopic (exact) mass is 440 g/mol. The van der Waals surface area contributed by atoms with Crippen molar-refractivity contribution in [2.45, 2.75) is 29.9 Å². The number of halogens is 2. The highest BCUT2D eigenvalue weighted by Crippen LogP contribution is 2.28. The van der Waals surface area contributed by atoms with Crippen molar-refractivity contribution in [2.24, 2.45) is 0 Å². The number of hydrogen-bond acceptors (Lipinski definition) is 4. The predicted octanol–water partition coefficient (Wildman–Crippen LogP) is 4.92. The fourth-order valence-corrected chi connectivity index (χ4v) is 3.67. The zero-order valence-corrected chi connectivity index (χ0v) is 17.2. The number of nitrogens with one attached hydrogen (secondary N) is 2. The van der Waals surface area contributed by atoms with E-state index in [0.29, 0.717) is 21.4 Å². The molecule has 9 heteroatoms. The van der Waals surface area contributed by atoms with Crippen LogP contribution in [0.2, 0.25) is 10.0 Å². The molecule has 0 heterocycles. The Bertz CT molecular complexity index is 872. The van der Waals surface area contributed by atoms with Gasteiger partial charge in [0, 0.05) is 32.7 Å². The highest BCUT2D eigenvalue weighted by molar-refractivity contribution is 8.00. The van der Waals surface area contributed by atoms with Gasteiger partial charge in [-0.1, -0.05) is 29.3 Å². The van der Waals surface area contributed by atoms with E-state index in [0.717, 1.165) is 4.90 Å². The minimum atomic E-state index is -1.03. The fourth-order valence-electron chi connectivity index (χ4n) is 2.22. The second-order valence-electron chi connectivity index (χ2n) is 5.88. The third-order valence-corrected chi connectivity index (χ3v) is 5.03. The predicted molar refractivity (Wildman–Crippen MR) is 112 cm³/mol. The average molecular weight is 441 g/mol. The molecular weight excluding hydrogens is 423 g/mol. The lowest BCUT2D eigenvalue weighted by molar-refractivity contribution is -0.138. The summed E-state index contributed by atoms with van der Waals surface area (Å²) in [6.45, 7) is 1.75. The third-order valence-electron chi connectivity index (χ3n) is 3.50. The Balaban J connectivity index is 1.95. The lowest BCUT2D eigenvalue weighted by Gasteiger charge is -2.13. The number of amides is 2. The minimum Gasteiger partial charge on any atom is -0.481 e. The second kappa shape index (κ2) is 10.4. The van der Waals surface area contributed by atoms with Crippen LogP contribution in [0.25, 0.3) is 0 Å². The van der Waals surface area contributed by atoms with Crippen LogP contribution in [0, 0.1) is 0 Å². The van der Waals surface area contributed by atoms with Crippen LogP contribution in [0.1, 0.15) is 19.8 Å². The van der Waals surface area contributed by atoms with E-state index in [2.05, 4.69) is 10.6 Å². The normalized spacial score (nSPS) is 11.5. The Morgan fingerprint density at radius 1 is 1.00 bits per heavy atom. The van der Waals surface area contributed by atoms with Gasteiger partial charge in [0.2, 0.25) is 11.8 Å². The average Bonchev–Trinajstić information content (AvgIpc) is 2.59. The molecule has 0 aromatic heterocycles. The molecule has 1 atom stereocenters. The molecule has 0 aliphatic carbocycles. The fraction of sp³-hybridized carbons (Fsp3) is 0.211. The summed E-state index contributed by atoms with van der Waals surface area (Å²) in [7, 11) is 0. The van der Waals surface area contributed by atoms with Crippen molar-refractivity contribution < 1.29 is 19.5 Å². The Labute approximate surface area is 176 Å². The first-order valence-corrected chi connectivity index (χ1v) is 9.92. The molecule has 0 spiro atoms. The quantitative estimate of drug-likeness (QED) is 0.506. The van der Waals surface area contributed by atoms with Gasteiger partial charge in [0.1, 0.15) is 0 Å². The van der Waals surface area contributed by atoms with Crippen molar-refractivity contribution in [3.05, 3.63) is 52.5 Å². The van der Waals surface area contributed by atoms with Crippen LogP contribution in [0.5, 0.6) is 0 Å². The van der Waals surface area contributed by atoms with Gasteiger partial charge in [0.05, 0.1) is 11.7 Å². The van der Waals surface area contributed by atoms with E-state index < -0.39 is 11.2 Å². The maximum absolute atomic E-state index is 12.4. The number of hydrogen-bond donors (Lipinski definition) is 3. The highest BCUT2D eigenvalue weighted by Gasteiger charge is 2.16. The summed E-state index contributed by atoms with van der Waals surface area (Å²) >= 11 is 13.2. The van der Waals surface area contributed by atoms with E-state index in [9.17, 15) is 14.4 Å². The third kappa shape index (κ3) is 7.42. The standard InChI is InChI=1S/C19H18Cl2N2O4S/c1-11(19(27)23-15-8-12(20)7-13(21)9-15)28-16-4-2-3-14(10-16)22-17(24)5-6-18(25)26/h2-4,7-11H,5-6H2,1H3,(H,22,24)(H,23,27)(H,25,26). The van der Waals surface area contributed by atoms with Gasteiger partial charge in [-0.25, -0.2) is 0 Å². The maximum atomic E-state index is 12.4. The smallest absolute Gasteiger partial charge is 0.303 e. The first-order chi connectivity index (χ1) is 13.2. The van der Waals surface area contributed by atoms with Gasteiger partial charge >= 0.3 is 5.97 Å². The molecule has 0 aliphatic heterocycles. The summed E-state index contributed by atoms with van der Waals surface area (Å²) in [5.41, 5.74) is 1.05. The van der Waals surface area contributed by atoms with Crippen molar-refractivity contribution in [1.29, 1.82) is 0 Å². The molecule has 0 radical (unpaired) electrons. The largest absolute Gasteiger partial charge is 0.481 e. The number of rotatable bonds is 8. The molecule has 0 fully saturated rings. The molecule has 148 valence electrons. The van der Waals surface area contributed by atoms with Crippen LogP contribution in [0.3, 0.4) is 0 Å². The Morgan fingerprint density at radius 2 is 1.68 bits per heavy atom. The summed E-state index contributed by atoms with van der Waals surface area (Å²) in [5, 5.41) is 14.5. The van der Waals surface area contributed by atoms with Gasteiger partial charge < -0.3 is 15.7 Å². The summed E-state index contributed by atoms with van der Waals surface area (Å²) in [5.74, 6) is -1.63. The Kier molecular flexibility index (Phi) is 8.17. The molecule has 3 N–H and O–H groups in total.